The zero-order valence-corrected chi connectivity index (χ0v) is 16.3. The van der Waals surface area contributed by atoms with Crippen molar-refractivity contribution in [2.45, 2.75) is 5.16 Å². The number of hydrogen-bond acceptors (Lipinski definition) is 6. The van der Waals surface area contributed by atoms with Gasteiger partial charge in [0.15, 0.2) is 11.0 Å². The van der Waals surface area contributed by atoms with E-state index in [9.17, 15) is 0 Å². The highest BCUT2D eigenvalue weighted by molar-refractivity contribution is 7.99. The van der Waals surface area contributed by atoms with E-state index in [0.717, 1.165) is 27.9 Å². The molecule has 0 radical (unpaired) electrons. The summed E-state index contributed by atoms with van der Waals surface area (Å²) < 4.78 is 18.1. The van der Waals surface area contributed by atoms with Crippen molar-refractivity contribution in [2.24, 2.45) is 0 Å². The number of ether oxygens (including phenoxy) is 3. The van der Waals surface area contributed by atoms with Gasteiger partial charge in [0.1, 0.15) is 17.2 Å². The highest BCUT2D eigenvalue weighted by atomic mass is 32.2. The number of nitrogens with zero attached hydrogens (tertiary/aromatic N) is 3. The van der Waals surface area contributed by atoms with Crippen molar-refractivity contribution in [1.82, 2.24) is 14.8 Å². The number of hydrogen-bond donors (Lipinski definition) is 0. The minimum absolute atomic E-state index is 0.689. The predicted octanol–water partition coefficient (Wildman–Crippen LogP) is 4.24. The van der Waals surface area contributed by atoms with E-state index < -0.39 is 0 Å². The van der Waals surface area contributed by atoms with Crippen molar-refractivity contribution in [3.05, 3.63) is 55.1 Å². The quantitative estimate of drug-likeness (QED) is 0.428. The molecule has 0 bridgehead atoms. The Morgan fingerprint density at radius 3 is 2.11 bits per heavy atom. The zero-order valence-electron chi connectivity index (χ0n) is 15.5. The molecule has 27 heavy (non-hydrogen) atoms. The largest absolute Gasteiger partial charge is 0.497 e. The van der Waals surface area contributed by atoms with E-state index in [2.05, 4.69) is 16.8 Å². The third kappa shape index (κ3) is 4.09. The molecule has 0 spiro atoms. The second-order valence-electron chi connectivity index (χ2n) is 5.54. The Morgan fingerprint density at radius 2 is 1.56 bits per heavy atom. The lowest BCUT2D eigenvalue weighted by Crippen LogP contribution is -2.00. The standard InChI is InChI=1S/C20H21N3O3S/c1-5-10-27-20-22-21-19(14-11-17(25-3)13-18(12-14)26-4)23(20)15-6-8-16(24-2)9-7-15/h5-9,11-13H,1,10H2,2-4H3. The second kappa shape index (κ2) is 8.64. The van der Waals surface area contributed by atoms with E-state index in [4.69, 9.17) is 14.2 Å². The highest BCUT2D eigenvalue weighted by Gasteiger charge is 2.17. The molecular weight excluding hydrogens is 362 g/mol. The molecule has 1 heterocycles. The van der Waals surface area contributed by atoms with Crippen molar-refractivity contribution in [1.29, 1.82) is 0 Å². The van der Waals surface area contributed by atoms with Crippen LogP contribution in [0.3, 0.4) is 0 Å². The van der Waals surface area contributed by atoms with Gasteiger partial charge in [0.05, 0.1) is 21.3 Å². The molecule has 0 aliphatic heterocycles. The number of methoxy groups -OCH3 is 3. The fourth-order valence-electron chi connectivity index (χ4n) is 2.58. The Balaban J connectivity index is 2.15. The van der Waals surface area contributed by atoms with Crippen molar-refractivity contribution in [3.8, 4) is 34.3 Å². The Bertz CT molecular complexity index is 900. The lowest BCUT2D eigenvalue weighted by atomic mass is 10.1. The van der Waals surface area contributed by atoms with Gasteiger partial charge in [-0.1, -0.05) is 17.8 Å². The van der Waals surface area contributed by atoms with Crippen LogP contribution in [0.4, 0.5) is 0 Å². The van der Waals surface area contributed by atoms with Crippen molar-refractivity contribution >= 4 is 11.8 Å². The van der Waals surface area contributed by atoms with Gasteiger partial charge in [0.2, 0.25) is 0 Å². The number of thioether (sulfide) groups is 1. The van der Waals surface area contributed by atoms with Gasteiger partial charge in [0.25, 0.3) is 0 Å². The number of benzene rings is 2. The Hall–Kier alpha value is -2.93. The van der Waals surface area contributed by atoms with Gasteiger partial charge >= 0.3 is 0 Å². The third-order valence-electron chi connectivity index (χ3n) is 3.90. The average molecular weight is 383 g/mol. The fourth-order valence-corrected chi connectivity index (χ4v) is 3.27. The van der Waals surface area contributed by atoms with Crippen LogP contribution in [-0.4, -0.2) is 41.8 Å². The summed E-state index contributed by atoms with van der Waals surface area (Å²) in [6.45, 7) is 3.78. The molecule has 0 saturated heterocycles. The summed E-state index contributed by atoms with van der Waals surface area (Å²) in [6, 6.07) is 13.4. The van der Waals surface area contributed by atoms with Crippen LogP contribution in [0, 0.1) is 0 Å². The molecule has 0 saturated carbocycles. The topological polar surface area (TPSA) is 58.4 Å². The summed E-state index contributed by atoms with van der Waals surface area (Å²) in [5.41, 5.74) is 1.78. The molecule has 0 N–H and O–H groups in total. The first kappa shape index (κ1) is 18.8. The summed E-state index contributed by atoms with van der Waals surface area (Å²) in [5.74, 6) is 3.60. The maximum atomic E-state index is 5.39. The van der Waals surface area contributed by atoms with E-state index in [-0.39, 0.29) is 0 Å². The maximum Gasteiger partial charge on any atom is 0.196 e. The molecule has 2 aromatic carbocycles. The van der Waals surface area contributed by atoms with E-state index in [1.54, 1.807) is 33.1 Å². The average Bonchev–Trinajstić information content (AvgIpc) is 3.15. The van der Waals surface area contributed by atoms with Gasteiger partial charge in [0, 0.05) is 23.1 Å². The van der Waals surface area contributed by atoms with Gasteiger partial charge in [-0.2, -0.15) is 0 Å². The summed E-state index contributed by atoms with van der Waals surface area (Å²) in [6.07, 6.45) is 1.84. The highest BCUT2D eigenvalue weighted by Crippen LogP contribution is 2.33. The molecule has 0 aliphatic carbocycles. The molecule has 0 unspecified atom stereocenters. The van der Waals surface area contributed by atoms with E-state index in [0.29, 0.717) is 17.3 Å². The van der Waals surface area contributed by atoms with Crippen LogP contribution in [-0.2, 0) is 0 Å². The minimum Gasteiger partial charge on any atom is -0.497 e. The Labute approximate surface area is 162 Å². The molecule has 7 heteroatoms. The second-order valence-corrected chi connectivity index (χ2v) is 6.53. The molecule has 0 amide bonds. The Kier molecular flexibility index (Phi) is 6.03. The van der Waals surface area contributed by atoms with Crippen LogP contribution < -0.4 is 14.2 Å². The van der Waals surface area contributed by atoms with Crippen LogP contribution in [0.2, 0.25) is 0 Å². The van der Waals surface area contributed by atoms with E-state index >= 15 is 0 Å². The molecular formula is C20H21N3O3S. The van der Waals surface area contributed by atoms with Gasteiger partial charge < -0.3 is 14.2 Å². The predicted molar refractivity (Wildman–Crippen MR) is 107 cm³/mol. The molecule has 3 aromatic rings. The Morgan fingerprint density at radius 1 is 0.926 bits per heavy atom. The summed E-state index contributed by atoms with van der Waals surface area (Å²) in [5, 5.41) is 9.57. The lowest BCUT2D eigenvalue weighted by molar-refractivity contribution is 0.394. The van der Waals surface area contributed by atoms with Crippen LogP contribution in [0.15, 0.2) is 60.3 Å². The SMILES string of the molecule is C=CCSc1nnc(-c2cc(OC)cc(OC)c2)n1-c1ccc(OC)cc1. The van der Waals surface area contributed by atoms with Crippen LogP contribution >= 0.6 is 11.8 Å². The zero-order chi connectivity index (χ0) is 19.2. The monoisotopic (exact) mass is 383 g/mol. The molecule has 0 fully saturated rings. The molecule has 3 rings (SSSR count). The maximum absolute atomic E-state index is 5.39. The van der Waals surface area contributed by atoms with Gasteiger partial charge in [-0.25, -0.2) is 0 Å². The molecule has 140 valence electrons. The molecule has 6 nitrogen and oxygen atoms in total. The number of aromatic nitrogens is 3. The first-order valence-electron chi connectivity index (χ1n) is 8.27. The molecule has 0 aliphatic rings. The lowest BCUT2D eigenvalue weighted by Gasteiger charge is -2.12. The van der Waals surface area contributed by atoms with Crippen molar-refractivity contribution in [2.75, 3.05) is 27.1 Å². The minimum atomic E-state index is 0.689. The molecule has 0 atom stereocenters. The van der Waals surface area contributed by atoms with Crippen LogP contribution in [0.5, 0.6) is 17.2 Å². The van der Waals surface area contributed by atoms with Crippen molar-refractivity contribution in [3.63, 3.8) is 0 Å². The van der Waals surface area contributed by atoms with E-state index in [1.807, 2.05) is 53.1 Å². The smallest absolute Gasteiger partial charge is 0.196 e. The van der Waals surface area contributed by atoms with Gasteiger partial charge in [-0.15, -0.1) is 16.8 Å². The molecule has 1 aromatic heterocycles. The van der Waals surface area contributed by atoms with Gasteiger partial charge in [-0.05, 0) is 36.4 Å². The first-order chi connectivity index (χ1) is 13.2. The first-order valence-corrected chi connectivity index (χ1v) is 9.25. The van der Waals surface area contributed by atoms with Crippen LogP contribution in [0.1, 0.15) is 0 Å². The summed E-state index contributed by atoms with van der Waals surface area (Å²) >= 11 is 1.56. The van der Waals surface area contributed by atoms with Crippen LogP contribution in [0.25, 0.3) is 17.1 Å². The third-order valence-corrected chi connectivity index (χ3v) is 4.83. The number of rotatable bonds is 8. The summed E-state index contributed by atoms with van der Waals surface area (Å²) in [7, 11) is 4.89. The summed E-state index contributed by atoms with van der Waals surface area (Å²) in [4.78, 5) is 0. The van der Waals surface area contributed by atoms with Gasteiger partial charge in [-0.3, -0.25) is 4.57 Å². The fraction of sp³-hybridized carbons (Fsp3) is 0.200. The normalized spacial score (nSPS) is 10.5. The van der Waals surface area contributed by atoms with Crippen molar-refractivity contribution < 1.29 is 14.2 Å². The van der Waals surface area contributed by atoms with E-state index in [1.165, 1.54) is 0 Å².